The molecule has 1 N–H and O–H groups in total. The van der Waals surface area contributed by atoms with E-state index >= 15 is 0 Å². The third-order valence-electron chi connectivity index (χ3n) is 23.2. The van der Waals surface area contributed by atoms with E-state index in [1.54, 1.807) is 36.4 Å². The molecule has 664 valence electrons. The van der Waals surface area contributed by atoms with Crippen LogP contribution in [-0.4, -0.2) is 113 Å². The van der Waals surface area contributed by atoms with Crippen molar-refractivity contribution in [3.63, 3.8) is 0 Å². The highest BCUT2D eigenvalue weighted by atomic mass is 16.6. The van der Waals surface area contributed by atoms with E-state index in [0.29, 0.717) is 129 Å². The van der Waals surface area contributed by atoms with E-state index in [0.717, 1.165) is 179 Å². The first-order valence-corrected chi connectivity index (χ1v) is 46.8. The third kappa shape index (κ3) is 43.4. The summed E-state index contributed by atoms with van der Waals surface area (Å²) in [4.78, 5) is 88.4. The number of rotatable bonds is 67. The van der Waals surface area contributed by atoms with Gasteiger partial charge in [-0.15, -0.1) is 0 Å². The monoisotopic (exact) mass is 1660 g/mol. The van der Waals surface area contributed by atoms with Crippen LogP contribution in [0.1, 0.15) is 376 Å². The Morgan fingerprint density at radius 3 is 0.917 bits per heavy atom. The van der Waals surface area contributed by atoms with Crippen LogP contribution in [0, 0.1) is 11.8 Å². The van der Waals surface area contributed by atoms with Gasteiger partial charge in [0.1, 0.15) is 40.1 Å². The average molecular weight is 1660 g/mol. The Kier molecular flexibility index (Phi) is 51.5. The molecule has 2 aliphatic rings. The molecule has 0 heterocycles. The van der Waals surface area contributed by atoms with E-state index in [1.807, 2.05) is 54.6 Å². The van der Waals surface area contributed by atoms with Crippen molar-refractivity contribution in [1.82, 2.24) is 0 Å². The second-order valence-electron chi connectivity index (χ2n) is 33.1. The van der Waals surface area contributed by atoms with Crippen molar-refractivity contribution in [3.8, 4) is 34.5 Å². The van der Waals surface area contributed by atoms with Gasteiger partial charge in [0.25, 0.3) is 0 Å². The minimum absolute atomic E-state index is 0.000510. The zero-order valence-corrected chi connectivity index (χ0v) is 73.1. The van der Waals surface area contributed by atoms with E-state index < -0.39 is 23.9 Å². The molecule has 0 unspecified atom stereocenters. The number of ether oxygens (including phenoxy) is 11. The molecule has 2 aliphatic carbocycles. The van der Waals surface area contributed by atoms with Crippen LogP contribution >= 0.6 is 0 Å². The van der Waals surface area contributed by atoms with E-state index in [4.69, 9.17) is 57.2 Å². The van der Waals surface area contributed by atoms with Gasteiger partial charge in [-0.25, -0.2) is 14.4 Å². The Morgan fingerprint density at radius 1 is 0.283 bits per heavy atom. The van der Waals surface area contributed by atoms with Crippen molar-refractivity contribution in [2.24, 2.45) is 11.8 Å². The summed E-state index contributed by atoms with van der Waals surface area (Å²) in [5.74, 6) is 3.66. The van der Waals surface area contributed by atoms with Crippen LogP contribution in [0.15, 0.2) is 115 Å². The topological polar surface area (TPSA) is 241 Å². The highest BCUT2D eigenvalue weighted by molar-refractivity contribution is 5.93. The molecular weight excluding hydrogens is 1520 g/mol. The molecule has 0 saturated heterocycles. The van der Waals surface area contributed by atoms with Crippen molar-refractivity contribution < 1.29 is 90.8 Å². The number of hydrogen-bond acceptors (Lipinski definition) is 19. The first-order chi connectivity index (χ1) is 58.9. The van der Waals surface area contributed by atoms with Crippen LogP contribution in [0.4, 0.5) is 0 Å². The molecule has 0 radical (unpaired) electrons. The summed E-state index contributed by atoms with van der Waals surface area (Å²) in [7, 11) is 0. The number of carbonyl (C=O) groups excluding carboxylic acids is 7. The Morgan fingerprint density at radius 2 is 0.575 bits per heavy atom. The molecule has 120 heavy (non-hydrogen) atoms. The lowest BCUT2D eigenvalue weighted by Gasteiger charge is -2.29. The zero-order valence-electron chi connectivity index (χ0n) is 73.1. The first-order valence-electron chi connectivity index (χ1n) is 46.8. The number of carbonyl (C=O) groups is 7. The Hall–Kier alpha value is -8.45. The minimum Gasteiger partial charge on any atom is -0.494 e. The summed E-state index contributed by atoms with van der Waals surface area (Å²) < 4.78 is 62.6. The number of aliphatic hydroxyl groups excluding tert-OH is 1. The molecule has 0 amide bonds. The smallest absolute Gasteiger partial charge is 0.343 e. The van der Waals surface area contributed by atoms with Gasteiger partial charge in [0.05, 0.1) is 96.3 Å². The molecule has 2 fully saturated rings. The summed E-state index contributed by atoms with van der Waals surface area (Å²) in [6.45, 7) is 8.31. The highest BCUT2D eigenvalue weighted by Crippen LogP contribution is 2.40. The van der Waals surface area contributed by atoms with Crippen LogP contribution in [0.5, 0.6) is 34.5 Å². The van der Waals surface area contributed by atoms with Gasteiger partial charge < -0.3 is 57.2 Å². The third-order valence-corrected chi connectivity index (χ3v) is 23.2. The normalized spacial score (nSPS) is 15.1. The SMILES string of the molecule is CCCCC[C@H]1CC[C@H](c2ccc(OC(=O)c3ccc(OCCCCCCCCOC(=O)CCC(=O)OCCCCCCCCOc4ccc(OCCCCCCCCOC(=O)CCC(=O)OCCCCCCCCOc5ccc(C(=O)Oc6ccc([C@H]7CC[C@H](CCCCC)CC7)cc6)cc5)c(C(=O)OCCCCCCO)c4)cc3)cc2)CC1. The Balaban J connectivity index is 0.607. The average Bonchev–Trinajstić information content (AvgIpc) is 0.866. The van der Waals surface area contributed by atoms with Crippen LogP contribution in [0.25, 0.3) is 0 Å². The maximum Gasteiger partial charge on any atom is 0.343 e. The number of hydrogen-bond donors (Lipinski definition) is 1. The fourth-order valence-electron chi connectivity index (χ4n) is 15.8. The fraction of sp³-hybridized carbons (Fsp3) is 0.634. The summed E-state index contributed by atoms with van der Waals surface area (Å²) in [5.41, 5.74) is 3.95. The molecule has 5 aromatic rings. The second-order valence-corrected chi connectivity index (χ2v) is 33.1. The van der Waals surface area contributed by atoms with Crippen molar-refractivity contribution in [2.45, 2.75) is 334 Å². The lowest BCUT2D eigenvalue weighted by atomic mass is 9.77. The van der Waals surface area contributed by atoms with Gasteiger partial charge in [0.15, 0.2) is 0 Å². The maximum absolute atomic E-state index is 13.4. The minimum atomic E-state index is -0.469. The molecule has 0 bridgehead atoms. The fourth-order valence-corrected chi connectivity index (χ4v) is 15.8. The van der Waals surface area contributed by atoms with Crippen molar-refractivity contribution in [1.29, 1.82) is 0 Å². The summed E-state index contributed by atoms with van der Waals surface area (Å²) in [5, 5.41) is 9.14. The summed E-state index contributed by atoms with van der Waals surface area (Å²) in [6, 6.07) is 35.6. The van der Waals surface area contributed by atoms with E-state index in [1.165, 1.54) is 114 Å². The standard InChI is InChI=1S/C101H146O19/c1-3-5-25-37-80-39-43-82(44-40-80)84-47-59-90(60-48-84)119-99(107)86-51-55-88(56-52-86)110-70-28-16-7-11-20-32-74-114-95(103)65-66-97(105)116-76-34-22-13-9-18-30-72-112-92-63-64-94(93(79-92)101(109)118-78-36-24-15-27-69-102)113-73-31-19-10-14-23-35-77-117-98(106)68-67-96(104)115-75-33-21-12-8-17-29-71-111-89-57-53-87(54-58-89)100(108)120-91-61-49-85(50-62-91)83-45-41-81(42-46-83)38-26-6-4-2/h47-64,79-83,102H,3-46,65-78H2,1-2H3/t80-,81-,82-,83-. The van der Waals surface area contributed by atoms with Crippen LogP contribution in [-0.2, 0) is 42.9 Å². The molecule has 0 aliphatic heterocycles. The van der Waals surface area contributed by atoms with Gasteiger partial charge in [-0.05, 0) is 248 Å². The van der Waals surface area contributed by atoms with Crippen LogP contribution in [0.2, 0.25) is 0 Å². The number of aliphatic hydroxyl groups is 1. The molecule has 19 heteroatoms. The lowest BCUT2D eigenvalue weighted by Crippen LogP contribution is -2.13. The van der Waals surface area contributed by atoms with Crippen molar-refractivity contribution >= 4 is 41.8 Å². The van der Waals surface area contributed by atoms with Gasteiger partial charge in [-0.2, -0.15) is 0 Å². The highest BCUT2D eigenvalue weighted by Gasteiger charge is 2.25. The molecule has 5 aromatic carbocycles. The van der Waals surface area contributed by atoms with Crippen molar-refractivity contribution in [3.05, 3.63) is 143 Å². The largest absolute Gasteiger partial charge is 0.494 e. The number of unbranched alkanes of at least 4 members (excludes halogenated alkanes) is 27. The quantitative estimate of drug-likeness (QED) is 0.0165. The molecular formula is C101H146O19. The predicted octanol–water partition coefficient (Wildman–Crippen LogP) is 24.6. The van der Waals surface area contributed by atoms with E-state index in [2.05, 4.69) is 38.1 Å². The zero-order chi connectivity index (χ0) is 84.9. The summed E-state index contributed by atoms with van der Waals surface area (Å²) >= 11 is 0. The van der Waals surface area contributed by atoms with E-state index in [-0.39, 0.29) is 56.8 Å². The molecule has 0 atom stereocenters. The van der Waals surface area contributed by atoms with Crippen LogP contribution in [0.3, 0.4) is 0 Å². The molecule has 7 rings (SSSR count). The maximum atomic E-state index is 13.4. The lowest BCUT2D eigenvalue weighted by molar-refractivity contribution is -0.150. The van der Waals surface area contributed by atoms with Gasteiger partial charge >= 0.3 is 41.8 Å². The predicted molar refractivity (Wildman–Crippen MR) is 471 cm³/mol. The second kappa shape index (κ2) is 62.6. The van der Waals surface area contributed by atoms with Gasteiger partial charge in [-0.3, -0.25) is 19.2 Å². The van der Waals surface area contributed by atoms with Gasteiger partial charge in [-0.1, -0.05) is 199 Å². The Labute approximate surface area is 718 Å². The van der Waals surface area contributed by atoms with E-state index in [9.17, 15) is 33.6 Å². The van der Waals surface area contributed by atoms with Gasteiger partial charge in [0.2, 0.25) is 0 Å². The number of benzene rings is 5. The first kappa shape index (κ1) is 98.7. The van der Waals surface area contributed by atoms with Crippen LogP contribution < -0.4 is 28.4 Å². The molecule has 0 aromatic heterocycles. The molecule has 0 spiro atoms. The summed E-state index contributed by atoms with van der Waals surface area (Å²) in [6.07, 6.45) is 46.2. The number of esters is 7. The molecule has 2 saturated carbocycles. The van der Waals surface area contributed by atoms with Gasteiger partial charge in [0, 0.05) is 6.61 Å². The molecule has 19 nitrogen and oxygen atoms in total. The van der Waals surface area contributed by atoms with Crippen molar-refractivity contribution in [2.75, 3.05) is 66.1 Å². The Bertz CT molecular complexity index is 3580.